The summed E-state index contributed by atoms with van der Waals surface area (Å²) in [4.78, 5) is 23.0. The number of nitriles is 1. The topological polar surface area (TPSA) is 105 Å². The van der Waals surface area contributed by atoms with Crippen molar-refractivity contribution in [2.45, 2.75) is 6.61 Å². The van der Waals surface area contributed by atoms with Crippen LogP contribution >= 0.6 is 55.1 Å². The zero-order valence-corrected chi connectivity index (χ0v) is 21.7. The van der Waals surface area contributed by atoms with Crippen LogP contribution in [0.2, 0.25) is 10.0 Å². The molecule has 34 heavy (non-hydrogen) atoms. The molecule has 0 aliphatic carbocycles. The quantitative estimate of drug-likeness (QED) is 0.126. The summed E-state index contributed by atoms with van der Waals surface area (Å²) >= 11 is 18.8. The summed E-state index contributed by atoms with van der Waals surface area (Å²) in [6.45, 7) is 0.241. The molecule has 0 saturated heterocycles. The average Bonchev–Trinajstić information content (AvgIpc) is 2.79. The van der Waals surface area contributed by atoms with E-state index in [9.17, 15) is 20.2 Å². The van der Waals surface area contributed by atoms with Crippen LogP contribution in [0.5, 0.6) is 5.75 Å². The molecule has 1 N–H and O–H groups in total. The van der Waals surface area contributed by atoms with E-state index < -0.39 is 10.8 Å². The molecule has 0 aromatic heterocycles. The molecule has 0 heterocycles. The Hall–Kier alpha value is -2.90. The van der Waals surface area contributed by atoms with E-state index in [4.69, 9.17) is 27.9 Å². The van der Waals surface area contributed by atoms with Gasteiger partial charge in [-0.2, -0.15) is 5.26 Å². The fourth-order valence-corrected chi connectivity index (χ4v) is 4.64. The summed E-state index contributed by atoms with van der Waals surface area (Å²) in [6.07, 6.45) is 1.38. The number of nitro groups is 1. The SMILES string of the molecule is N#C/C(=C\c1cc(Br)c(OCc2ccccc2Cl)c(Br)c1)C(=O)Nc1ccc(Cl)c([N+](=O)[O-])c1. The number of benzene rings is 3. The van der Waals surface area contributed by atoms with Crippen LogP contribution in [0, 0.1) is 21.4 Å². The summed E-state index contributed by atoms with van der Waals surface area (Å²) in [5.74, 6) is -0.209. The first-order valence-electron chi connectivity index (χ1n) is 9.42. The van der Waals surface area contributed by atoms with Crippen LogP contribution in [-0.2, 0) is 11.4 Å². The number of nitrogens with one attached hydrogen (secondary N) is 1. The van der Waals surface area contributed by atoms with Crippen LogP contribution in [0.1, 0.15) is 11.1 Å². The van der Waals surface area contributed by atoms with Gasteiger partial charge in [-0.3, -0.25) is 14.9 Å². The third kappa shape index (κ3) is 6.36. The van der Waals surface area contributed by atoms with Gasteiger partial charge in [0.1, 0.15) is 29.0 Å². The molecule has 0 fully saturated rings. The predicted octanol–water partition coefficient (Wildman–Crippen LogP) is 7.55. The number of carbonyl (C=O) groups is 1. The van der Waals surface area contributed by atoms with Crippen molar-refractivity contribution in [3.8, 4) is 11.8 Å². The van der Waals surface area contributed by atoms with Crippen LogP contribution in [0.15, 0.2) is 69.1 Å². The second-order valence-electron chi connectivity index (χ2n) is 6.74. The van der Waals surface area contributed by atoms with Gasteiger partial charge in [-0.1, -0.05) is 41.4 Å². The first-order valence-corrected chi connectivity index (χ1v) is 11.8. The highest BCUT2D eigenvalue weighted by Gasteiger charge is 2.16. The van der Waals surface area contributed by atoms with Gasteiger partial charge in [-0.15, -0.1) is 0 Å². The molecule has 0 spiro atoms. The number of rotatable bonds is 7. The minimum atomic E-state index is -0.731. The van der Waals surface area contributed by atoms with Crippen molar-refractivity contribution in [3.05, 3.63) is 100 Å². The molecule has 0 aliphatic heterocycles. The number of nitro benzene ring substituents is 1. The number of amides is 1. The zero-order chi connectivity index (χ0) is 24.8. The number of anilines is 1. The summed E-state index contributed by atoms with van der Waals surface area (Å²) in [5, 5.41) is 23.5. The lowest BCUT2D eigenvalue weighted by Gasteiger charge is -2.12. The molecule has 3 aromatic carbocycles. The highest BCUT2D eigenvalue weighted by molar-refractivity contribution is 9.11. The summed E-state index contributed by atoms with van der Waals surface area (Å²) in [7, 11) is 0. The standard InChI is InChI=1S/C23H13Br2Cl2N3O4/c24-17-8-13(9-18(25)22(17)34-12-14-3-1-2-4-19(14)26)7-15(11-28)23(31)29-16-5-6-20(27)21(10-16)30(32)33/h1-10H,12H2,(H,29,31)/b15-7+. The Kier molecular flexibility index (Phi) is 8.69. The maximum Gasteiger partial charge on any atom is 0.289 e. The third-order valence-electron chi connectivity index (χ3n) is 4.43. The second-order valence-corrected chi connectivity index (χ2v) is 9.26. The number of hydrogen-bond acceptors (Lipinski definition) is 5. The molecule has 0 unspecified atom stereocenters. The lowest BCUT2D eigenvalue weighted by molar-refractivity contribution is -0.384. The van der Waals surface area contributed by atoms with E-state index in [0.717, 1.165) is 11.6 Å². The van der Waals surface area contributed by atoms with Crippen molar-refractivity contribution in [2.75, 3.05) is 5.32 Å². The van der Waals surface area contributed by atoms with E-state index in [-0.39, 0.29) is 28.6 Å². The number of halogens is 4. The molecule has 0 atom stereocenters. The molecular weight excluding hydrogens is 613 g/mol. The average molecular weight is 626 g/mol. The minimum absolute atomic E-state index is 0.0643. The minimum Gasteiger partial charge on any atom is -0.486 e. The Bertz CT molecular complexity index is 1330. The van der Waals surface area contributed by atoms with Crippen molar-refractivity contribution in [2.24, 2.45) is 0 Å². The Balaban J connectivity index is 1.80. The molecule has 0 radical (unpaired) electrons. The van der Waals surface area contributed by atoms with Gasteiger partial charge in [0.25, 0.3) is 11.6 Å². The zero-order valence-electron chi connectivity index (χ0n) is 17.0. The Morgan fingerprint density at radius 2 is 1.79 bits per heavy atom. The molecule has 0 bridgehead atoms. The Morgan fingerprint density at radius 3 is 2.41 bits per heavy atom. The van der Waals surface area contributed by atoms with E-state index in [1.165, 1.54) is 18.2 Å². The number of ether oxygens (including phenoxy) is 1. The maximum atomic E-state index is 12.6. The smallest absolute Gasteiger partial charge is 0.289 e. The number of hydrogen-bond donors (Lipinski definition) is 1. The van der Waals surface area contributed by atoms with E-state index >= 15 is 0 Å². The fourth-order valence-electron chi connectivity index (χ4n) is 2.81. The van der Waals surface area contributed by atoms with E-state index in [1.54, 1.807) is 18.2 Å². The van der Waals surface area contributed by atoms with Crippen LogP contribution in [-0.4, -0.2) is 10.8 Å². The Labute approximate surface area is 221 Å². The molecule has 7 nitrogen and oxygen atoms in total. The summed E-state index contributed by atoms with van der Waals surface area (Å²) in [5.41, 5.74) is 0.923. The van der Waals surface area contributed by atoms with Crippen LogP contribution in [0.4, 0.5) is 11.4 Å². The third-order valence-corrected chi connectivity index (χ3v) is 6.29. The first kappa shape index (κ1) is 25.7. The first-order chi connectivity index (χ1) is 16.2. The molecule has 1 amide bonds. The van der Waals surface area contributed by atoms with Crippen LogP contribution < -0.4 is 10.1 Å². The largest absolute Gasteiger partial charge is 0.486 e. The van der Waals surface area contributed by atoms with Crippen molar-refractivity contribution in [3.63, 3.8) is 0 Å². The van der Waals surface area contributed by atoms with Gasteiger partial charge in [0, 0.05) is 22.3 Å². The highest BCUT2D eigenvalue weighted by Crippen LogP contribution is 2.36. The van der Waals surface area contributed by atoms with Gasteiger partial charge in [0.15, 0.2) is 0 Å². The second kappa shape index (κ2) is 11.5. The van der Waals surface area contributed by atoms with Gasteiger partial charge >= 0.3 is 0 Å². The number of carbonyl (C=O) groups excluding carboxylic acids is 1. The normalized spacial score (nSPS) is 11.0. The lowest BCUT2D eigenvalue weighted by atomic mass is 10.1. The highest BCUT2D eigenvalue weighted by atomic mass is 79.9. The molecule has 0 aliphatic rings. The Morgan fingerprint density at radius 1 is 1.12 bits per heavy atom. The van der Waals surface area contributed by atoms with E-state index in [1.807, 2.05) is 24.3 Å². The van der Waals surface area contributed by atoms with Gasteiger partial charge in [0.05, 0.1) is 13.9 Å². The van der Waals surface area contributed by atoms with E-state index in [0.29, 0.717) is 25.3 Å². The van der Waals surface area contributed by atoms with Crippen molar-refractivity contribution >= 4 is 78.4 Å². The fraction of sp³-hybridized carbons (Fsp3) is 0.0435. The van der Waals surface area contributed by atoms with Crippen LogP contribution in [0.25, 0.3) is 6.08 Å². The van der Waals surface area contributed by atoms with Gasteiger partial charge in [0.2, 0.25) is 0 Å². The number of nitrogens with zero attached hydrogens (tertiary/aromatic N) is 2. The molecule has 11 heteroatoms. The van der Waals surface area contributed by atoms with E-state index in [2.05, 4.69) is 37.2 Å². The summed E-state index contributed by atoms with van der Waals surface area (Å²) < 4.78 is 7.06. The van der Waals surface area contributed by atoms with Crippen molar-refractivity contribution in [1.82, 2.24) is 0 Å². The maximum absolute atomic E-state index is 12.6. The predicted molar refractivity (Wildman–Crippen MR) is 138 cm³/mol. The van der Waals surface area contributed by atoms with Crippen LogP contribution in [0.3, 0.4) is 0 Å². The molecule has 3 rings (SSSR count). The van der Waals surface area contributed by atoms with Crippen molar-refractivity contribution in [1.29, 1.82) is 5.26 Å². The van der Waals surface area contributed by atoms with Crippen molar-refractivity contribution < 1.29 is 14.5 Å². The monoisotopic (exact) mass is 623 g/mol. The molecule has 0 saturated carbocycles. The molecular formula is C23H13Br2Cl2N3O4. The lowest BCUT2D eigenvalue weighted by Crippen LogP contribution is -2.13. The van der Waals surface area contributed by atoms with Gasteiger partial charge < -0.3 is 10.1 Å². The molecule has 172 valence electrons. The molecule has 3 aromatic rings. The summed E-state index contributed by atoms with van der Waals surface area (Å²) in [6, 6.07) is 16.3. The van der Waals surface area contributed by atoms with Gasteiger partial charge in [-0.05, 0) is 73.8 Å². The van der Waals surface area contributed by atoms with Gasteiger partial charge in [-0.25, -0.2) is 0 Å².